The van der Waals surface area contributed by atoms with Crippen LogP contribution in [0.25, 0.3) is 6.08 Å². The Morgan fingerprint density at radius 3 is 2.27 bits per heavy atom. The van der Waals surface area contributed by atoms with Crippen molar-refractivity contribution in [3.63, 3.8) is 0 Å². The molecule has 2 amide bonds. The average molecular weight is 372 g/mol. The first-order valence-corrected chi connectivity index (χ1v) is 8.15. The lowest BCUT2D eigenvalue weighted by Crippen LogP contribution is -2.37. The van der Waals surface area contributed by atoms with Crippen molar-refractivity contribution in [3.05, 3.63) is 76.4 Å². The van der Waals surface area contributed by atoms with Gasteiger partial charge in [-0.15, -0.1) is 0 Å². The predicted molar refractivity (Wildman–Crippen MR) is 96.0 cm³/mol. The number of benzene rings is 2. The van der Waals surface area contributed by atoms with E-state index in [4.69, 9.17) is 11.6 Å². The van der Waals surface area contributed by atoms with Gasteiger partial charge < -0.3 is 20.5 Å². The van der Waals surface area contributed by atoms with Crippen LogP contribution in [0.1, 0.15) is 22.3 Å². The number of hydrogen-bond acceptors (Lipinski definition) is 4. The van der Waals surface area contributed by atoms with Gasteiger partial charge in [-0.3, -0.25) is 9.59 Å². The van der Waals surface area contributed by atoms with Gasteiger partial charge in [-0.2, -0.15) is 0 Å². The highest BCUT2D eigenvalue weighted by Gasteiger charge is 2.14. The van der Waals surface area contributed by atoms with Crippen LogP contribution in [0.5, 0.6) is 0 Å². The number of carbonyl (C=O) groups excluding carboxylic acids is 3. The van der Waals surface area contributed by atoms with Crippen molar-refractivity contribution in [2.24, 2.45) is 0 Å². The SMILES string of the molecule is O=C([O-])CCNC(=O)C(=Cc1ccc(Cl)cc1)NC(=O)c1ccccc1. The first kappa shape index (κ1) is 19.2. The van der Waals surface area contributed by atoms with E-state index in [9.17, 15) is 19.5 Å². The lowest BCUT2D eigenvalue weighted by Gasteiger charge is -2.11. The van der Waals surface area contributed by atoms with Crippen LogP contribution in [0, 0.1) is 0 Å². The molecule has 0 saturated carbocycles. The van der Waals surface area contributed by atoms with Crippen LogP contribution in [0.4, 0.5) is 0 Å². The number of nitrogens with one attached hydrogen (secondary N) is 2. The number of hydrogen-bond donors (Lipinski definition) is 2. The fourth-order valence-corrected chi connectivity index (χ4v) is 2.17. The molecule has 26 heavy (non-hydrogen) atoms. The van der Waals surface area contributed by atoms with Crippen molar-refractivity contribution in [2.75, 3.05) is 6.54 Å². The largest absolute Gasteiger partial charge is 0.550 e. The quantitative estimate of drug-likeness (QED) is 0.718. The maximum absolute atomic E-state index is 12.3. The molecule has 0 aliphatic rings. The van der Waals surface area contributed by atoms with Gasteiger partial charge in [-0.1, -0.05) is 41.9 Å². The second kappa shape index (κ2) is 9.39. The number of carboxylic acids is 1. The molecule has 2 rings (SSSR count). The van der Waals surface area contributed by atoms with Crippen molar-refractivity contribution >= 4 is 35.5 Å². The van der Waals surface area contributed by atoms with Crippen LogP contribution in [-0.4, -0.2) is 24.3 Å². The highest BCUT2D eigenvalue weighted by molar-refractivity contribution is 6.30. The Morgan fingerprint density at radius 2 is 1.65 bits per heavy atom. The Labute approximate surface area is 155 Å². The molecule has 7 heteroatoms. The molecule has 2 N–H and O–H groups in total. The molecule has 0 aliphatic heterocycles. The second-order valence-corrected chi connectivity index (χ2v) is 5.74. The second-order valence-electron chi connectivity index (χ2n) is 5.31. The van der Waals surface area contributed by atoms with Gasteiger partial charge in [0, 0.05) is 29.5 Å². The van der Waals surface area contributed by atoms with Gasteiger partial charge in [0.05, 0.1) is 0 Å². The van der Waals surface area contributed by atoms with Crippen LogP contribution in [-0.2, 0) is 9.59 Å². The van der Waals surface area contributed by atoms with Crippen molar-refractivity contribution in [3.8, 4) is 0 Å². The van der Waals surface area contributed by atoms with Crippen molar-refractivity contribution in [1.29, 1.82) is 0 Å². The maximum Gasteiger partial charge on any atom is 0.267 e. The molecule has 0 unspecified atom stereocenters. The van der Waals surface area contributed by atoms with Gasteiger partial charge in [0.2, 0.25) is 0 Å². The van der Waals surface area contributed by atoms with E-state index in [0.29, 0.717) is 16.1 Å². The Morgan fingerprint density at radius 1 is 1.00 bits per heavy atom. The Bertz CT molecular complexity index is 817. The number of amides is 2. The predicted octanol–water partition coefficient (Wildman–Crippen LogP) is 1.37. The third-order valence-corrected chi connectivity index (χ3v) is 3.58. The van der Waals surface area contributed by atoms with E-state index in [1.807, 2.05) is 0 Å². The number of carbonyl (C=O) groups is 3. The van der Waals surface area contributed by atoms with Crippen molar-refractivity contribution in [2.45, 2.75) is 6.42 Å². The summed E-state index contributed by atoms with van der Waals surface area (Å²) in [5.74, 6) is -2.34. The average Bonchev–Trinajstić information content (AvgIpc) is 2.63. The molecule has 0 atom stereocenters. The molecular formula is C19H16ClN2O4-. The first-order chi connectivity index (χ1) is 12.5. The van der Waals surface area contributed by atoms with E-state index in [2.05, 4.69) is 10.6 Å². The van der Waals surface area contributed by atoms with E-state index < -0.39 is 17.8 Å². The van der Waals surface area contributed by atoms with E-state index >= 15 is 0 Å². The Balaban J connectivity index is 2.20. The zero-order chi connectivity index (χ0) is 18.9. The molecule has 6 nitrogen and oxygen atoms in total. The van der Waals surface area contributed by atoms with E-state index in [1.165, 1.54) is 6.08 Å². The summed E-state index contributed by atoms with van der Waals surface area (Å²) in [5.41, 5.74) is 1.02. The number of carboxylic acid groups (broad SMARTS) is 1. The highest BCUT2D eigenvalue weighted by atomic mass is 35.5. The Hall–Kier alpha value is -3.12. The van der Waals surface area contributed by atoms with Gasteiger partial charge in [-0.25, -0.2) is 0 Å². The number of halogens is 1. The zero-order valence-corrected chi connectivity index (χ0v) is 14.5. The molecular weight excluding hydrogens is 356 g/mol. The summed E-state index contributed by atoms with van der Waals surface area (Å²) < 4.78 is 0. The van der Waals surface area contributed by atoms with Crippen molar-refractivity contribution < 1.29 is 19.5 Å². The normalized spacial score (nSPS) is 10.9. The van der Waals surface area contributed by atoms with Crippen LogP contribution in [0.3, 0.4) is 0 Å². The maximum atomic E-state index is 12.3. The molecule has 0 radical (unpaired) electrons. The molecule has 0 aromatic heterocycles. The summed E-state index contributed by atoms with van der Waals surface area (Å²) in [6.07, 6.45) is 1.15. The molecule has 0 spiro atoms. The van der Waals surface area contributed by atoms with Gasteiger partial charge in [0.1, 0.15) is 5.70 Å². The molecule has 0 fully saturated rings. The molecule has 2 aromatic rings. The lowest BCUT2D eigenvalue weighted by atomic mass is 10.1. The fourth-order valence-electron chi connectivity index (χ4n) is 2.04. The minimum absolute atomic E-state index is 0.0143. The lowest BCUT2D eigenvalue weighted by molar-refractivity contribution is -0.305. The van der Waals surface area contributed by atoms with E-state index in [0.717, 1.165) is 0 Å². The van der Waals surface area contributed by atoms with Gasteiger partial charge >= 0.3 is 0 Å². The smallest absolute Gasteiger partial charge is 0.267 e. The number of aliphatic carboxylic acids is 1. The monoisotopic (exact) mass is 371 g/mol. The van der Waals surface area contributed by atoms with Crippen LogP contribution < -0.4 is 15.7 Å². The molecule has 0 aliphatic carbocycles. The fraction of sp³-hybridized carbons (Fsp3) is 0.105. The van der Waals surface area contributed by atoms with Gasteiger partial charge in [0.15, 0.2) is 0 Å². The van der Waals surface area contributed by atoms with Gasteiger partial charge in [0.25, 0.3) is 11.8 Å². The summed E-state index contributed by atoms with van der Waals surface area (Å²) in [6.45, 7) is -0.111. The molecule has 0 heterocycles. The van der Waals surface area contributed by atoms with Crippen LogP contribution >= 0.6 is 11.6 Å². The molecule has 0 saturated heterocycles. The molecule has 134 valence electrons. The number of rotatable bonds is 7. The summed E-state index contributed by atoms with van der Waals surface area (Å²) in [7, 11) is 0. The topological polar surface area (TPSA) is 98.3 Å². The third-order valence-electron chi connectivity index (χ3n) is 3.32. The van der Waals surface area contributed by atoms with Crippen LogP contribution in [0.2, 0.25) is 5.02 Å². The summed E-state index contributed by atoms with van der Waals surface area (Å²) >= 11 is 5.84. The van der Waals surface area contributed by atoms with Crippen LogP contribution in [0.15, 0.2) is 60.3 Å². The summed E-state index contributed by atoms with van der Waals surface area (Å²) in [6, 6.07) is 15.1. The third kappa shape index (κ3) is 6.07. The highest BCUT2D eigenvalue weighted by Crippen LogP contribution is 2.12. The Kier molecular flexibility index (Phi) is 6.93. The van der Waals surface area contributed by atoms with E-state index in [1.54, 1.807) is 54.6 Å². The first-order valence-electron chi connectivity index (χ1n) is 7.77. The van der Waals surface area contributed by atoms with E-state index in [-0.39, 0.29) is 18.7 Å². The standard InChI is InChI=1S/C19H17ClN2O4/c20-15-8-6-13(7-9-15)12-16(19(26)21-11-10-17(23)24)22-18(25)14-4-2-1-3-5-14/h1-9,12H,10-11H2,(H,21,26)(H,22,25)(H,23,24)/p-1. The molecule has 2 aromatic carbocycles. The minimum atomic E-state index is -1.28. The minimum Gasteiger partial charge on any atom is -0.550 e. The summed E-state index contributed by atoms with van der Waals surface area (Å²) in [5, 5.41) is 16.0. The molecule has 0 bridgehead atoms. The van der Waals surface area contributed by atoms with Crippen molar-refractivity contribution in [1.82, 2.24) is 10.6 Å². The summed E-state index contributed by atoms with van der Waals surface area (Å²) in [4.78, 5) is 35.1. The van der Waals surface area contributed by atoms with Gasteiger partial charge in [-0.05, 0) is 35.9 Å². The zero-order valence-electron chi connectivity index (χ0n) is 13.7.